The van der Waals surface area contributed by atoms with E-state index in [1.807, 2.05) is 17.5 Å². The fraction of sp³-hybridized carbons (Fsp3) is 0.167. The number of carbonyl (C=O) groups is 1. The molecule has 0 aliphatic carbocycles. The lowest BCUT2D eigenvalue weighted by Gasteiger charge is -2.07. The SMILES string of the molecule is O=C(NC1C=CS(=O)(=O)C1)c1csc(-c2cccs2)n1. The molecule has 2 aromatic heterocycles. The number of carbonyl (C=O) groups excluding carboxylic acids is 1. The molecular weight excluding hydrogens is 316 g/mol. The molecule has 1 atom stereocenters. The Morgan fingerprint density at radius 3 is 2.90 bits per heavy atom. The molecule has 0 saturated carbocycles. The van der Waals surface area contributed by atoms with Gasteiger partial charge in [-0.3, -0.25) is 4.79 Å². The average molecular weight is 326 g/mol. The molecule has 1 aliphatic heterocycles. The van der Waals surface area contributed by atoms with Crippen LogP contribution in [-0.4, -0.2) is 31.1 Å². The molecule has 0 fully saturated rings. The maximum Gasteiger partial charge on any atom is 0.271 e. The van der Waals surface area contributed by atoms with Crippen LogP contribution in [-0.2, 0) is 9.84 Å². The van der Waals surface area contributed by atoms with E-state index in [9.17, 15) is 13.2 Å². The largest absolute Gasteiger partial charge is 0.343 e. The summed E-state index contributed by atoms with van der Waals surface area (Å²) < 4.78 is 22.5. The second kappa shape index (κ2) is 5.12. The maximum absolute atomic E-state index is 12.0. The molecule has 0 spiro atoms. The van der Waals surface area contributed by atoms with Crippen molar-refractivity contribution < 1.29 is 13.2 Å². The summed E-state index contributed by atoms with van der Waals surface area (Å²) in [6, 6.07) is 3.40. The van der Waals surface area contributed by atoms with Crippen LogP contribution < -0.4 is 5.32 Å². The van der Waals surface area contributed by atoms with E-state index in [1.165, 1.54) is 17.4 Å². The first-order valence-corrected chi connectivity index (χ1v) is 9.22. The Hall–Kier alpha value is -1.51. The van der Waals surface area contributed by atoms with Crippen LogP contribution >= 0.6 is 22.7 Å². The van der Waals surface area contributed by atoms with E-state index in [1.54, 1.807) is 16.7 Å². The van der Waals surface area contributed by atoms with Gasteiger partial charge in [0.25, 0.3) is 5.91 Å². The van der Waals surface area contributed by atoms with Gasteiger partial charge in [-0.1, -0.05) is 6.07 Å². The highest BCUT2D eigenvalue weighted by Crippen LogP contribution is 2.27. The van der Waals surface area contributed by atoms with Crippen molar-refractivity contribution >= 4 is 38.4 Å². The number of hydrogen-bond acceptors (Lipinski definition) is 6. The molecule has 1 N–H and O–H groups in total. The fourth-order valence-corrected chi connectivity index (χ4v) is 4.65. The third-order valence-corrected chi connectivity index (χ3v) is 5.99. The Labute approximate surface area is 123 Å². The van der Waals surface area contributed by atoms with Crippen LogP contribution in [0.4, 0.5) is 0 Å². The van der Waals surface area contributed by atoms with E-state index in [0.717, 1.165) is 15.3 Å². The molecule has 1 amide bonds. The van der Waals surface area contributed by atoms with Crippen molar-refractivity contribution in [2.45, 2.75) is 6.04 Å². The van der Waals surface area contributed by atoms with Crippen molar-refractivity contribution in [1.82, 2.24) is 10.3 Å². The minimum atomic E-state index is -3.16. The van der Waals surface area contributed by atoms with Gasteiger partial charge in [0.05, 0.1) is 16.7 Å². The Morgan fingerprint density at radius 1 is 1.40 bits per heavy atom. The summed E-state index contributed by atoms with van der Waals surface area (Å²) in [5, 5.41) is 8.21. The second-order valence-corrected chi connectivity index (χ2v) is 7.99. The Bertz CT molecular complexity index is 760. The van der Waals surface area contributed by atoms with Crippen LogP contribution in [0, 0.1) is 0 Å². The number of sulfone groups is 1. The lowest BCUT2D eigenvalue weighted by molar-refractivity contribution is 0.0943. The van der Waals surface area contributed by atoms with E-state index >= 15 is 0 Å². The van der Waals surface area contributed by atoms with E-state index in [4.69, 9.17) is 0 Å². The number of aromatic nitrogens is 1. The van der Waals surface area contributed by atoms with Crippen LogP contribution in [0.25, 0.3) is 9.88 Å². The van der Waals surface area contributed by atoms with E-state index in [0.29, 0.717) is 5.69 Å². The smallest absolute Gasteiger partial charge is 0.271 e. The zero-order valence-corrected chi connectivity index (χ0v) is 12.6. The minimum absolute atomic E-state index is 0.0827. The number of nitrogens with one attached hydrogen (secondary N) is 1. The molecule has 0 radical (unpaired) electrons. The lowest BCUT2D eigenvalue weighted by Crippen LogP contribution is -2.35. The van der Waals surface area contributed by atoms with Gasteiger partial charge in [0, 0.05) is 10.8 Å². The van der Waals surface area contributed by atoms with Gasteiger partial charge >= 0.3 is 0 Å². The van der Waals surface area contributed by atoms with Crippen molar-refractivity contribution in [2.75, 3.05) is 5.75 Å². The molecule has 0 aromatic carbocycles. The third-order valence-electron chi connectivity index (χ3n) is 2.72. The average Bonchev–Trinajstić information content (AvgIpc) is 3.08. The summed E-state index contributed by atoms with van der Waals surface area (Å²) in [5.74, 6) is -0.434. The van der Waals surface area contributed by atoms with E-state index in [2.05, 4.69) is 10.3 Å². The van der Waals surface area contributed by atoms with Crippen molar-refractivity contribution in [3.05, 3.63) is 40.1 Å². The first kappa shape index (κ1) is 13.5. The van der Waals surface area contributed by atoms with Crippen LogP contribution in [0.2, 0.25) is 0 Å². The molecule has 2 aromatic rings. The highest BCUT2D eigenvalue weighted by Gasteiger charge is 2.24. The molecular formula is C12H10N2O3S3. The van der Waals surface area contributed by atoms with Gasteiger partial charge in [-0.15, -0.1) is 22.7 Å². The monoisotopic (exact) mass is 326 g/mol. The van der Waals surface area contributed by atoms with Crippen LogP contribution in [0.1, 0.15) is 10.5 Å². The number of thiazole rings is 1. The Kier molecular flexibility index (Phi) is 3.45. The molecule has 0 bridgehead atoms. The predicted molar refractivity (Wildman–Crippen MR) is 79.6 cm³/mol. The Morgan fingerprint density at radius 2 is 2.25 bits per heavy atom. The molecule has 3 heterocycles. The van der Waals surface area contributed by atoms with Crippen LogP contribution in [0.15, 0.2) is 34.4 Å². The molecule has 20 heavy (non-hydrogen) atoms. The molecule has 0 saturated heterocycles. The predicted octanol–water partition coefficient (Wildman–Crippen LogP) is 1.91. The quantitative estimate of drug-likeness (QED) is 0.935. The highest BCUT2D eigenvalue weighted by molar-refractivity contribution is 7.94. The summed E-state index contributed by atoms with van der Waals surface area (Å²) in [4.78, 5) is 17.3. The second-order valence-electron chi connectivity index (χ2n) is 4.25. The maximum atomic E-state index is 12.0. The van der Waals surface area contributed by atoms with Crippen molar-refractivity contribution in [2.24, 2.45) is 0 Å². The van der Waals surface area contributed by atoms with Gasteiger partial charge < -0.3 is 5.32 Å². The van der Waals surface area contributed by atoms with Crippen molar-refractivity contribution in [1.29, 1.82) is 0 Å². The van der Waals surface area contributed by atoms with Gasteiger partial charge in [-0.2, -0.15) is 0 Å². The molecule has 8 heteroatoms. The summed E-state index contributed by atoms with van der Waals surface area (Å²) in [5.41, 5.74) is 0.316. The first-order chi connectivity index (χ1) is 9.53. The fourth-order valence-electron chi connectivity index (χ4n) is 1.80. The van der Waals surface area contributed by atoms with Gasteiger partial charge in [0.1, 0.15) is 10.7 Å². The number of nitrogens with zero attached hydrogens (tertiary/aromatic N) is 1. The molecule has 104 valence electrons. The van der Waals surface area contributed by atoms with Crippen molar-refractivity contribution in [3.8, 4) is 9.88 Å². The van der Waals surface area contributed by atoms with Gasteiger partial charge in [-0.25, -0.2) is 13.4 Å². The van der Waals surface area contributed by atoms with Gasteiger partial charge in [0.15, 0.2) is 9.84 Å². The third kappa shape index (κ3) is 2.82. The number of rotatable bonds is 3. The molecule has 5 nitrogen and oxygen atoms in total. The Balaban J connectivity index is 1.71. The summed E-state index contributed by atoms with van der Waals surface area (Å²) in [6.45, 7) is 0. The van der Waals surface area contributed by atoms with Gasteiger partial charge in [0.2, 0.25) is 0 Å². The van der Waals surface area contributed by atoms with E-state index < -0.39 is 15.9 Å². The topological polar surface area (TPSA) is 76.1 Å². The molecule has 1 unspecified atom stereocenters. The first-order valence-electron chi connectivity index (χ1n) is 5.75. The zero-order valence-electron chi connectivity index (χ0n) is 10.1. The summed E-state index contributed by atoms with van der Waals surface area (Å²) >= 11 is 2.95. The molecule has 3 rings (SSSR count). The highest BCUT2D eigenvalue weighted by atomic mass is 32.2. The normalized spacial score (nSPS) is 20.1. The number of hydrogen-bond donors (Lipinski definition) is 1. The van der Waals surface area contributed by atoms with E-state index in [-0.39, 0.29) is 11.7 Å². The van der Waals surface area contributed by atoms with Crippen LogP contribution in [0.5, 0.6) is 0 Å². The number of amides is 1. The number of thiophene rings is 1. The summed E-state index contributed by atoms with van der Waals surface area (Å²) in [6.07, 6.45) is 1.49. The van der Waals surface area contributed by atoms with Crippen LogP contribution in [0.3, 0.4) is 0 Å². The minimum Gasteiger partial charge on any atom is -0.343 e. The summed E-state index contributed by atoms with van der Waals surface area (Å²) in [7, 11) is -3.16. The zero-order chi connectivity index (χ0) is 14.2. The standard InChI is InChI=1S/C12H10N2O3S3/c15-11(13-8-3-5-20(16,17)7-8)9-6-19-12(14-9)10-2-1-4-18-10/h1-6,8H,7H2,(H,13,15). The van der Waals surface area contributed by atoms with Gasteiger partial charge in [-0.05, 0) is 17.5 Å². The van der Waals surface area contributed by atoms with Crippen molar-refractivity contribution in [3.63, 3.8) is 0 Å². The lowest BCUT2D eigenvalue weighted by atomic mass is 10.3. The molecule has 1 aliphatic rings.